The average molecular weight is 343 g/mol. The molecule has 0 aliphatic carbocycles. The lowest BCUT2D eigenvalue weighted by Crippen LogP contribution is -2.39. The van der Waals surface area contributed by atoms with Crippen molar-refractivity contribution in [2.45, 2.75) is 11.4 Å². The number of urea groups is 1. The van der Waals surface area contributed by atoms with Gasteiger partial charge in [-0.05, 0) is 36.1 Å². The molecule has 2 aromatic carbocycles. The van der Waals surface area contributed by atoms with Crippen molar-refractivity contribution in [3.8, 4) is 0 Å². The van der Waals surface area contributed by atoms with Crippen LogP contribution in [0.5, 0.6) is 0 Å². The molecule has 0 bridgehead atoms. The van der Waals surface area contributed by atoms with E-state index in [0.29, 0.717) is 12.2 Å². The summed E-state index contributed by atoms with van der Waals surface area (Å²) in [6, 6.07) is 16.8. The third kappa shape index (κ3) is 5.62. The van der Waals surface area contributed by atoms with E-state index in [1.807, 2.05) is 48.7 Å². The number of nitrogens with zero attached hydrogens (tertiary/aromatic N) is 1. The van der Waals surface area contributed by atoms with Crippen LogP contribution < -0.4 is 10.6 Å². The number of hydrogen-bond donors (Lipinski definition) is 2. The fourth-order valence-electron chi connectivity index (χ4n) is 2.08. The number of para-hydroxylation sites is 1. The standard InChI is InChI=1S/C18H21N3O2S/c1-21(13-14-8-10-16(24-2)11-9-14)17(22)12-19-18(23)20-15-6-4-3-5-7-15/h3-11H,12-13H2,1-2H3,(H2,19,20,23). The number of thioether (sulfide) groups is 1. The van der Waals surface area contributed by atoms with E-state index in [4.69, 9.17) is 0 Å². The highest BCUT2D eigenvalue weighted by atomic mass is 32.2. The monoisotopic (exact) mass is 343 g/mol. The molecule has 0 unspecified atom stereocenters. The molecule has 0 fully saturated rings. The van der Waals surface area contributed by atoms with Gasteiger partial charge in [0.05, 0.1) is 6.54 Å². The zero-order valence-electron chi connectivity index (χ0n) is 13.8. The number of hydrogen-bond acceptors (Lipinski definition) is 3. The molecule has 0 radical (unpaired) electrons. The molecule has 126 valence electrons. The molecular weight excluding hydrogens is 322 g/mol. The second-order valence-corrected chi connectivity index (χ2v) is 6.15. The summed E-state index contributed by atoms with van der Waals surface area (Å²) in [5, 5.41) is 5.25. The molecular formula is C18H21N3O2S. The van der Waals surface area contributed by atoms with Gasteiger partial charge in [0, 0.05) is 24.2 Å². The maximum absolute atomic E-state index is 12.1. The fraction of sp³-hybridized carbons (Fsp3) is 0.222. The van der Waals surface area contributed by atoms with Gasteiger partial charge in [0.15, 0.2) is 0 Å². The van der Waals surface area contributed by atoms with Crippen LogP contribution >= 0.6 is 11.8 Å². The van der Waals surface area contributed by atoms with Gasteiger partial charge in [0.25, 0.3) is 0 Å². The van der Waals surface area contributed by atoms with Crippen molar-refractivity contribution in [2.75, 3.05) is 25.2 Å². The molecule has 24 heavy (non-hydrogen) atoms. The minimum absolute atomic E-state index is 0.0436. The summed E-state index contributed by atoms with van der Waals surface area (Å²) >= 11 is 1.68. The normalized spacial score (nSPS) is 10.1. The fourth-order valence-corrected chi connectivity index (χ4v) is 2.49. The van der Waals surface area contributed by atoms with E-state index in [1.165, 1.54) is 4.90 Å². The molecule has 0 saturated heterocycles. The van der Waals surface area contributed by atoms with E-state index >= 15 is 0 Å². The SMILES string of the molecule is CSc1ccc(CN(C)C(=O)CNC(=O)Nc2ccccc2)cc1. The molecule has 0 spiro atoms. The first-order chi connectivity index (χ1) is 11.6. The Balaban J connectivity index is 1.77. The van der Waals surface area contributed by atoms with Crippen LogP contribution in [0.2, 0.25) is 0 Å². The number of benzene rings is 2. The minimum Gasteiger partial charge on any atom is -0.340 e. The van der Waals surface area contributed by atoms with Gasteiger partial charge in [0.1, 0.15) is 0 Å². The highest BCUT2D eigenvalue weighted by molar-refractivity contribution is 7.98. The Morgan fingerprint density at radius 2 is 1.71 bits per heavy atom. The summed E-state index contributed by atoms with van der Waals surface area (Å²) in [6.45, 7) is 0.466. The average Bonchev–Trinajstić information content (AvgIpc) is 2.61. The second kappa shape index (κ2) is 8.98. The zero-order valence-corrected chi connectivity index (χ0v) is 14.6. The summed E-state index contributed by atoms with van der Waals surface area (Å²) in [6.07, 6.45) is 2.02. The Morgan fingerprint density at radius 1 is 1.04 bits per heavy atom. The predicted octanol–water partition coefficient (Wildman–Crippen LogP) is 3.19. The van der Waals surface area contributed by atoms with E-state index in [9.17, 15) is 9.59 Å². The van der Waals surface area contributed by atoms with Crippen LogP contribution in [0.15, 0.2) is 59.5 Å². The number of anilines is 1. The molecule has 2 rings (SSSR count). The van der Waals surface area contributed by atoms with Crippen LogP contribution in [0.1, 0.15) is 5.56 Å². The second-order valence-electron chi connectivity index (χ2n) is 5.27. The highest BCUT2D eigenvalue weighted by Gasteiger charge is 2.11. The molecule has 0 saturated carbocycles. The predicted molar refractivity (Wildman–Crippen MR) is 98.2 cm³/mol. The van der Waals surface area contributed by atoms with Crippen LogP contribution in [-0.4, -0.2) is 36.7 Å². The topological polar surface area (TPSA) is 61.4 Å². The van der Waals surface area contributed by atoms with Crippen LogP contribution in [0, 0.1) is 0 Å². The number of carbonyl (C=O) groups is 2. The molecule has 0 atom stereocenters. The number of likely N-dealkylation sites (N-methyl/N-ethyl adjacent to an activating group) is 1. The molecule has 0 heterocycles. The molecule has 2 N–H and O–H groups in total. The summed E-state index contributed by atoms with van der Waals surface area (Å²) in [5.74, 6) is -0.146. The summed E-state index contributed by atoms with van der Waals surface area (Å²) in [4.78, 5) is 26.7. The van der Waals surface area contributed by atoms with E-state index in [2.05, 4.69) is 10.6 Å². The van der Waals surface area contributed by atoms with E-state index in [1.54, 1.807) is 35.8 Å². The maximum Gasteiger partial charge on any atom is 0.319 e. The third-order valence-electron chi connectivity index (χ3n) is 3.44. The molecule has 0 aliphatic heterocycles. The number of carbonyl (C=O) groups excluding carboxylic acids is 2. The minimum atomic E-state index is -0.396. The zero-order chi connectivity index (χ0) is 17.4. The first-order valence-electron chi connectivity index (χ1n) is 7.55. The van der Waals surface area contributed by atoms with Gasteiger partial charge < -0.3 is 15.5 Å². The lowest BCUT2D eigenvalue weighted by Gasteiger charge is -2.18. The molecule has 3 amide bonds. The molecule has 0 aromatic heterocycles. The van der Waals surface area contributed by atoms with Gasteiger partial charge in [0.2, 0.25) is 5.91 Å². The van der Waals surface area contributed by atoms with Crippen molar-refractivity contribution in [3.05, 3.63) is 60.2 Å². The van der Waals surface area contributed by atoms with Gasteiger partial charge >= 0.3 is 6.03 Å². The highest BCUT2D eigenvalue weighted by Crippen LogP contribution is 2.15. The number of rotatable bonds is 6. The lowest BCUT2D eigenvalue weighted by atomic mass is 10.2. The summed E-state index contributed by atoms with van der Waals surface area (Å²) in [7, 11) is 1.72. The van der Waals surface area contributed by atoms with Crippen molar-refractivity contribution >= 4 is 29.4 Å². The maximum atomic E-state index is 12.1. The van der Waals surface area contributed by atoms with E-state index < -0.39 is 6.03 Å². The van der Waals surface area contributed by atoms with Crippen molar-refractivity contribution in [3.63, 3.8) is 0 Å². The first kappa shape index (κ1) is 17.9. The summed E-state index contributed by atoms with van der Waals surface area (Å²) in [5.41, 5.74) is 1.74. The van der Waals surface area contributed by atoms with Crippen LogP contribution in [0.4, 0.5) is 10.5 Å². The van der Waals surface area contributed by atoms with Crippen molar-refractivity contribution in [2.24, 2.45) is 0 Å². The number of amides is 3. The van der Waals surface area contributed by atoms with Gasteiger partial charge in [-0.1, -0.05) is 30.3 Å². The third-order valence-corrected chi connectivity index (χ3v) is 4.18. The van der Waals surface area contributed by atoms with E-state index in [0.717, 1.165) is 5.56 Å². The Kier molecular flexibility index (Phi) is 6.69. The quantitative estimate of drug-likeness (QED) is 0.792. The smallest absolute Gasteiger partial charge is 0.319 e. The van der Waals surface area contributed by atoms with Gasteiger partial charge in [-0.25, -0.2) is 4.79 Å². The Labute approximate surface area is 146 Å². The van der Waals surface area contributed by atoms with Crippen molar-refractivity contribution in [1.82, 2.24) is 10.2 Å². The van der Waals surface area contributed by atoms with Crippen LogP contribution in [-0.2, 0) is 11.3 Å². The Hall–Kier alpha value is -2.47. The van der Waals surface area contributed by atoms with Crippen molar-refractivity contribution in [1.29, 1.82) is 0 Å². The Morgan fingerprint density at radius 3 is 2.33 bits per heavy atom. The molecule has 6 heteroatoms. The van der Waals surface area contributed by atoms with Crippen LogP contribution in [0.25, 0.3) is 0 Å². The Bertz CT molecular complexity index is 674. The lowest BCUT2D eigenvalue weighted by molar-refractivity contribution is -0.129. The van der Waals surface area contributed by atoms with Crippen molar-refractivity contribution < 1.29 is 9.59 Å². The van der Waals surface area contributed by atoms with Crippen LogP contribution in [0.3, 0.4) is 0 Å². The van der Waals surface area contributed by atoms with Gasteiger partial charge in [-0.3, -0.25) is 4.79 Å². The summed E-state index contributed by atoms with van der Waals surface area (Å²) < 4.78 is 0. The molecule has 0 aliphatic rings. The van der Waals surface area contributed by atoms with Gasteiger partial charge in [-0.2, -0.15) is 0 Å². The molecule has 2 aromatic rings. The largest absolute Gasteiger partial charge is 0.340 e. The molecule has 5 nitrogen and oxygen atoms in total. The first-order valence-corrected chi connectivity index (χ1v) is 8.78. The number of nitrogens with one attached hydrogen (secondary N) is 2. The van der Waals surface area contributed by atoms with E-state index in [-0.39, 0.29) is 12.5 Å². The van der Waals surface area contributed by atoms with Gasteiger partial charge in [-0.15, -0.1) is 11.8 Å².